The highest BCUT2D eigenvalue weighted by molar-refractivity contribution is 7.14. The molecule has 2 saturated carbocycles. The van der Waals surface area contributed by atoms with Crippen molar-refractivity contribution in [2.24, 2.45) is 17.8 Å². The van der Waals surface area contributed by atoms with Gasteiger partial charge in [-0.2, -0.15) is 0 Å². The van der Waals surface area contributed by atoms with E-state index < -0.39 is 12.0 Å². The molecule has 4 rings (SSSR count). The monoisotopic (exact) mass is 440 g/mol. The summed E-state index contributed by atoms with van der Waals surface area (Å²) in [7, 11) is 0. The summed E-state index contributed by atoms with van der Waals surface area (Å²) < 4.78 is 5.46. The smallest absolute Gasteiger partial charge is 0.309 e. The van der Waals surface area contributed by atoms with Crippen LogP contribution in [0.4, 0.5) is 5.13 Å². The molecule has 0 spiro atoms. The highest BCUT2D eigenvalue weighted by Crippen LogP contribution is 2.40. The summed E-state index contributed by atoms with van der Waals surface area (Å²) >= 11 is 1.34. The van der Waals surface area contributed by atoms with Crippen LogP contribution in [0.25, 0.3) is 11.3 Å². The number of hydrogen-bond acceptors (Lipinski definition) is 6. The van der Waals surface area contributed by atoms with Crippen LogP contribution in [0.2, 0.25) is 0 Å². The van der Waals surface area contributed by atoms with Gasteiger partial charge in [0.05, 0.1) is 11.6 Å². The molecule has 1 amide bonds. The number of rotatable bonds is 6. The number of benzene rings is 1. The van der Waals surface area contributed by atoms with Crippen LogP contribution in [-0.4, -0.2) is 28.7 Å². The van der Waals surface area contributed by atoms with Crippen molar-refractivity contribution in [3.63, 3.8) is 0 Å². The molecule has 2 bridgehead atoms. The van der Waals surface area contributed by atoms with E-state index in [1.54, 1.807) is 6.92 Å². The summed E-state index contributed by atoms with van der Waals surface area (Å²) in [6.07, 6.45) is 3.95. The lowest BCUT2D eigenvalue weighted by atomic mass is 9.67. The predicted molar refractivity (Wildman–Crippen MR) is 120 cm³/mol. The van der Waals surface area contributed by atoms with E-state index in [1.807, 2.05) is 17.5 Å². The van der Waals surface area contributed by atoms with Gasteiger partial charge in [-0.05, 0) is 44.6 Å². The van der Waals surface area contributed by atoms with Crippen molar-refractivity contribution in [3.05, 3.63) is 35.2 Å². The molecule has 0 unspecified atom stereocenters. The fourth-order valence-electron chi connectivity index (χ4n) is 4.58. The molecule has 0 radical (unpaired) electrons. The average Bonchev–Trinajstić information content (AvgIpc) is 3.22. The number of aryl methyl sites for hydroxylation is 1. The molecule has 164 valence electrons. The quantitative estimate of drug-likeness (QED) is 0.662. The molecule has 0 saturated heterocycles. The molecule has 2 aliphatic rings. The second-order valence-electron chi connectivity index (χ2n) is 8.55. The third-order valence-corrected chi connectivity index (χ3v) is 7.19. The van der Waals surface area contributed by atoms with E-state index in [9.17, 15) is 14.4 Å². The summed E-state index contributed by atoms with van der Waals surface area (Å²) in [5.74, 6) is -0.792. The summed E-state index contributed by atoms with van der Waals surface area (Å²) in [4.78, 5) is 41.9. The first-order chi connectivity index (χ1) is 14.9. The minimum absolute atomic E-state index is 0.0192. The van der Waals surface area contributed by atoms with Crippen LogP contribution in [0, 0.1) is 17.8 Å². The predicted octanol–water partition coefficient (Wildman–Crippen LogP) is 4.64. The summed E-state index contributed by atoms with van der Waals surface area (Å²) in [6.45, 7) is 3.68. The van der Waals surface area contributed by atoms with Crippen LogP contribution in [0.3, 0.4) is 0 Å². The Morgan fingerprint density at radius 1 is 1.19 bits per heavy atom. The Labute approximate surface area is 186 Å². The first kappa shape index (κ1) is 21.7. The molecule has 2 aliphatic carbocycles. The first-order valence-electron chi connectivity index (χ1n) is 11.0. The van der Waals surface area contributed by atoms with Crippen molar-refractivity contribution in [3.8, 4) is 11.3 Å². The number of anilines is 1. The van der Waals surface area contributed by atoms with Crippen LogP contribution < -0.4 is 5.32 Å². The number of thiazole rings is 1. The van der Waals surface area contributed by atoms with Crippen molar-refractivity contribution in [1.29, 1.82) is 0 Å². The molecule has 7 heteroatoms. The Kier molecular flexibility index (Phi) is 6.51. The molecule has 1 aromatic carbocycles. The van der Waals surface area contributed by atoms with Crippen molar-refractivity contribution in [2.75, 3.05) is 5.32 Å². The van der Waals surface area contributed by atoms with Gasteiger partial charge in [-0.3, -0.25) is 19.7 Å². The van der Waals surface area contributed by atoms with Crippen molar-refractivity contribution < 1.29 is 19.1 Å². The van der Waals surface area contributed by atoms with E-state index in [1.165, 1.54) is 16.9 Å². The highest BCUT2D eigenvalue weighted by atomic mass is 32.1. The normalized spacial score (nSPS) is 23.8. The van der Waals surface area contributed by atoms with E-state index >= 15 is 0 Å². The summed E-state index contributed by atoms with van der Waals surface area (Å²) in [5.41, 5.74) is 3.05. The fourth-order valence-corrected chi connectivity index (χ4v) is 5.30. The Hall–Kier alpha value is -2.54. The number of ketones is 1. The number of nitrogens with zero attached hydrogens (tertiary/aromatic N) is 1. The topological polar surface area (TPSA) is 85.4 Å². The lowest BCUT2D eigenvalue weighted by molar-refractivity contribution is -0.161. The van der Waals surface area contributed by atoms with Gasteiger partial charge < -0.3 is 4.74 Å². The number of hydrogen-bond donors (Lipinski definition) is 1. The molecule has 1 heterocycles. The molecule has 1 N–H and O–H groups in total. The van der Waals surface area contributed by atoms with E-state index in [0.29, 0.717) is 23.8 Å². The van der Waals surface area contributed by atoms with Crippen molar-refractivity contribution >= 4 is 34.1 Å². The van der Waals surface area contributed by atoms with Gasteiger partial charge in [-0.25, -0.2) is 4.98 Å². The summed E-state index contributed by atoms with van der Waals surface area (Å²) in [6, 6.07) is 8.19. The number of esters is 1. The fraction of sp³-hybridized carbons (Fsp3) is 0.500. The molecular weight excluding hydrogens is 412 g/mol. The van der Waals surface area contributed by atoms with Gasteiger partial charge in [0.15, 0.2) is 11.2 Å². The maximum Gasteiger partial charge on any atom is 0.309 e. The number of nitrogens with one attached hydrogen (secondary N) is 1. The van der Waals surface area contributed by atoms with Crippen molar-refractivity contribution in [1.82, 2.24) is 4.98 Å². The van der Waals surface area contributed by atoms with E-state index in [4.69, 9.17) is 4.74 Å². The average molecular weight is 441 g/mol. The Balaban J connectivity index is 1.32. The molecule has 6 nitrogen and oxygen atoms in total. The molecule has 31 heavy (non-hydrogen) atoms. The molecule has 3 atom stereocenters. The van der Waals surface area contributed by atoms with Gasteiger partial charge in [0.1, 0.15) is 5.78 Å². The second kappa shape index (κ2) is 9.30. The van der Waals surface area contributed by atoms with Gasteiger partial charge in [0, 0.05) is 22.8 Å². The zero-order valence-corrected chi connectivity index (χ0v) is 18.7. The Bertz CT molecular complexity index is 952. The number of ether oxygens (including phenoxy) is 1. The number of carbonyl (C=O) groups is 3. The number of aromatic nitrogens is 1. The zero-order chi connectivity index (χ0) is 22.0. The Morgan fingerprint density at radius 3 is 2.52 bits per heavy atom. The SMILES string of the molecule is CCc1ccc(-c2csc(NC(=O)[C@H](C)OC(=O)C3C[C@@H]4CCC[C@@H](C3)C4=O)n2)cc1. The van der Waals surface area contributed by atoms with Gasteiger partial charge in [-0.1, -0.05) is 37.6 Å². The Morgan fingerprint density at radius 2 is 1.87 bits per heavy atom. The number of carbonyl (C=O) groups excluding carboxylic acids is 3. The lowest BCUT2D eigenvalue weighted by Crippen LogP contribution is -2.41. The van der Waals surface area contributed by atoms with Gasteiger partial charge in [0.2, 0.25) is 0 Å². The maximum atomic E-state index is 12.6. The number of amides is 1. The molecule has 1 aromatic heterocycles. The molecule has 2 fully saturated rings. The standard InChI is InChI=1S/C24H28N2O4S/c1-3-15-7-9-16(10-8-15)20-13-31-24(25-20)26-22(28)14(2)30-23(29)19-11-17-5-4-6-18(12-19)21(17)27/h7-10,13-14,17-19H,3-6,11-12H2,1-2H3,(H,25,26,28)/t14-,17-,18-/m0/s1. The van der Waals surface area contributed by atoms with Crippen LogP contribution >= 0.6 is 11.3 Å². The summed E-state index contributed by atoms with van der Waals surface area (Å²) in [5, 5.41) is 5.11. The van der Waals surface area contributed by atoms with Crippen LogP contribution in [0.1, 0.15) is 51.5 Å². The van der Waals surface area contributed by atoms with Crippen LogP contribution in [-0.2, 0) is 25.5 Å². The largest absolute Gasteiger partial charge is 0.452 e. The van der Waals surface area contributed by atoms with Gasteiger partial charge >= 0.3 is 5.97 Å². The zero-order valence-electron chi connectivity index (χ0n) is 17.9. The van der Waals surface area contributed by atoms with Crippen LogP contribution in [0.5, 0.6) is 0 Å². The second-order valence-corrected chi connectivity index (χ2v) is 9.41. The molecular formula is C24H28N2O4S. The first-order valence-corrected chi connectivity index (χ1v) is 11.9. The highest BCUT2D eigenvalue weighted by Gasteiger charge is 2.42. The molecule has 0 aliphatic heterocycles. The number of fused-ring (bicyclic) bond motifs is 2. The number of Topliss-reactive ketones (excluding diaryl/α,β-unsaturated/α-hetero) is 1. The lowest BCUT2D eigenvalue weighted by Gasteiger charge is -2.36. The maximum absolute atomic E-state index is 12.6. The van der Waals surface area contributed by atoms with Crippen molar-refractivity contribution in [2.45, 2.75) is 58.5 Å². The van der Waals surface area contributed by atoms with E-state index in [2.05, 4.69) is 29.4 Å². The third-order valence-electron chi connectivity index (χ3n) is 6.44. The van der Waals surface area contributed by atoms with Crippen LogP contribution in [0.15, 0.2) is 29.6 Å². The third kappa shape index (κ3) is 4.87. The van der Waals surface area contributed by atoms with E-state index in [-0.39, 0.29) is 23.7 Å². The minimum atomic E-state index is -0.916. The van der Waals surface area contributed by atoms with Gasteiger partial charge in [-0.15, -0.1) is 11.3 Å². The minimum Gasteiger partial charge on any atom is -0.452 e. The molecule has 2 aromatic rings. The van der Waals surface area contributed by atoms with Gasteiger partial charge in [0.25, 0.3) is 5.91 Å². The van der Waals surface area contributed by atoms with E-state index in [0.717, 1.165) is 36.9 Å².